The van der Waals surface area contributed by atoms with Gasteiger partial charge in [-0.2, -0.15) is 0 Å². The van der Waals surface area contributed by atoms with Crippen molar-refractivity contribution in [1.82, 2.24) is 4.57 Å². The van der Waals surface area contributed by atoms with Crippen molar-refractivity contribution in [1.29, 1.82) is 0 Å². The monoisotopic (exact) mass is 289 g/mol. The second-order valence-electron chi connectivity index (χ2n) is 4.16. The summed E-state index contributed by atoms with van der Waals surface area (Å²) in [5.41, 5.74) is 1.22. The molecule has 0 unspecified atom stereocenters. The van der Waals surface area contributed by atoms with Crippen LogP contribution >= 0.6 is 15.9 Å². The molecule has 0 radical (unpaired) electrons. The molecule has 0 aliphatic rings. The van der Waals surface area contributed by atoms with E-state index in [1.807, 2.05) is 19.1 Å². The minimum atomic E-state index is 0.772. The lowest BCUT2D eigenvalue weighted by atomic mass is 10.2. The van der Waals surface area contributed by atoms with Crippen LogP contribution in [0.3, 0.4) is 0 Å². The van der Waals surface area contributed by atoms with Gasteiger partial charge in [0.2, 0.25) is 0 Å². The second kappa shape index (κ2) is 4.08. The molecule has 1 aromatic carbocycles. The molecule has 2 nitrogen and oxygen atoms in total. The van der Waals surface area contributed by atoms with E-state index in [1.54, 1.807) is 0 Å². The molecule has 2 aromatic heterocycles. The summed E-state index contributed by atoms with van der Waals surface area (Å²) in [6, 6.07) is 12.5. The van der Waals surface area contributed by atoms with Crippen molar-refractivity contribution in [3.8, 4) is 0 Å². The normalized spacial score (nSPS) is 11.2. The summed E-state index contributed by atoms with van der Waals surface area (Å²) in [5.74, 6) is 1.94. The van der Waals surface area contributed by atoms with E-state index in [0.717, 1.165) is 22.5 Å². The first kappa shape index (κ1) is 10.7. The highest BCUT2D eigenvalue weighted by molar-refractivity contribution is 9.10. The third-order valence-corrected chi connectivity index (χ3v) is 3.35. The first-order chi connectivity index (χ1) is 8.22. The lowest BCUT2D eigenvalue weighted by Crippen LogP contribution is -1.96. The van der Waals surface area contributed by atoms with E-state index in [9.17, 15) is 0 Å². The maximum Gasteiger partial charge on any atom is 0.123 e. The minimum absolute atomic E-state index is 0.772. The van der Waals surface area contributed by atoms with E-state index in [2.05, 4.69) is 51.0 Å². The summed E-state index contributed by atoms with van der Waals surface area (Å²) in [7, 11) is 0. The fourth-order valence-electron chi connectivity index (χ4n) is 2.03. The Morgan fingerprint density at radius 3 is 2.82 bits per heavy atom. The maximum absolute atomic E-state index is 5.60. The Bertz CT molecular complexity index is 666. The molecule has 17 heavy (non-hydrogen) atoms. The van der Waals surface area contributed by atoms with Gasteiger partial charge in [-0.25, -0.2) is 0 Å². The van der Waals surface area contributed by atoms with Gasteiger partial charge < -0.3 is 8.98 Å². The zero-order valence-electron chi connectivity index (χ0n) is 9.48. The lowest BCUT2D eigenvalue weighted by molar-refractivity contribution is 0.473. The highest BCUT2D eigenvalue weighted by atomic mass is 79.9. The van der Waals surface area contributed by atoms with Crippen LogP contribution in [-0.2, 0) is 6.54 Å². The quantitative estimate of drug-likeness (QED) is 0.686. The van der Waals surface area contributed by atoms with Crippen LogP contribution in [0.1, 0.15) is 11.5 Å². The van der Waals surface area contributed by atoms with E-state index in [4.69, 9.17) is 4.42 Å². The predicted octanol–water partition coefficient (Wildman–Crippen LogP) is 4.35. The third kappa shape index (κ3) is 2.03. The molecule has 0 saturated heterocycles. The summed E-state index contributed by atoms with van der Waals surface area (Å²) in [6.45, 7) is 2.74. The molecule has 2 heterocycles. The second-order valence-corrected chi connectivity index (χ2v) is 5.07. The Morgan fingerprint density at radius 2 is 2.06 bits per heavy atom. The Kier molecular flexibility index (Phi) is 2.56. The van der Waals surface area contributed by atoms with Gasteiger partial charge in [0.1, 0.15) is 11.5 Å². The van der Waals surface area contributed by atoms with Crippen LogP contribution in [0.15, 0.2) is 51.5 Å². The molecule has 0 spiro atoms. The van der Waals surface area contributed by atoms with E-state index >= 15 is 0 Å². The average molecular weight is 290 g/mol. The van der Waals surface area contributed by atoms with Crippen LogP contribution in [0.4, 0.5) is 0 Å². The van der Waals surface area contributed by atoms with Crippen molar-refractivity contribution in [2.45, 2.75) is 13.5 Å². The van der Waals surface area contributed by atoms with Gasteiger partial charge in [0.05, 0.1) is 6.54 Å². The maximum atomic E-state index is 5.60. The lowest BCUT2D eigenvalue weighted by Gasteiger charge is -2.03. The van der Waals surface area contributed by atoms with Crippen molar-refractivity contribution in [3.05, 3.63) is 58.6 Å². The SMILES string of the molecule is Cc1ccc(Cn2ccc3ccc(Br)cc32)o1. The summed E-state index contributed by atoms with van der Waals surface area (Å²) < 4.78 is 8.89. The molecule has 0 aliphatic carbocycles. The summed E-state index contributed by atoms with van der Waals surface area (Å²) in [4.78, 5) is 0. The molecule has 0 amide bonds. The molecule has 3 rings (SSSR count). The van der Waals surface area contributed by atoms with E-state index in [-0.39, 0.29) is 0 Å². The van der Waals surface area contributed by atoms with Crippen molar-refractivity contribution in [2.24, 2.45) is 0 Å². The van der Waals surface area contributed by atoms with E-state index in [0.29, 0.717) is 0 Å². The van der Waals surface area contributed by atoms with E-state index in [1.165, 1.54) is 10.9 Å². The molecule has 0 N–H and O–H groups in total. The Labute approximate surface area is 108 Å². The molecular formula is C14H12BrNO. The molecule has 0 bridgehead atoms. The number of benzene rings is 1. The summed E-state index contributed by atoms with van der Waals surface area (Å²) >= 11 is 3.50. The number of hydrogen-bond donors (Lipinski definition) is 0. The summed E-state index contributed by atoms with van der Waals surface area (Å²) in [5, 5.41) is 1.25. The van der Waals surface area contributed by atoms with Gasteiger partial charge in [-0.3, -0.25) is 0 Å². The van der Waals surface area contributed by atoms with Crippen LogP contribution in [0.2, 0.25) is 0 Å². The highest BCUT2D eigenvalue weighted by Gasteiger charge is 2.04. The largest absolute Gasteiger partial charge is 0.464 e. The molecule has 0 saturated carbocycles. The minimum Gasteiger partial charge on any atom is -0.464 e. The van der Waals surface area contributed by atoms with Gasteiger partial charge in [0.25, 0.3) is 0 Å². The van der Waals surface area contributed by atoms with Crippen molar-refractivity contribution in [3.63, 3.8) is 0 Å². The van der Waals surface area contributed by atoms with Gasteiger partial charge in [0, 0.05) is 16.2 Å². The smallest absolute Gasteiger partial charge is 0.123 e. The van der Waals surface area contributed by atoms with Gasteiger partial charge in [-0.15, -0.1) is 0 Å². The number of aryl methyl sites for hydroxylation is 1. The van der Waals surface area contributed by atoms with Crippen LogP contribution in [-0.4, -0.2) is 4.57 Å². The third-order valence-electron chi connectivity index (χ3n) is 2.86. The molecule has 3 aromatic rings. The van der Waals surface area contributed by atoms with Crippen molar-refractivity contribution >= 4 is 26.8 Å². The fraction of sp³-hybridized carbons (Fsp3) is 0.143. The van der Waals surface area contributed by atoms with Gasteiger partial charge in [-0.05, 0) is 42.6 Å². The fourth-order valence-corrected chi connectivity index (χ4v) is 2.38. The van der Waals surface area contributed by atoms with E-state index < -0.39 is 0 Å². The number of halogens is 1. The zero-order chi connectivity index (χ0) is 11.8. The number of rotatable bonds is 2. The number of nitrogens with zero attached hydrogens (tertiary/aromatic N) is 1. The van der Waals surface area contributed by atoms with Crippen LogP contribution < -0.4 is 0 Å². The first-order valence-electron chi connectivity index (χ1n) is 5.52. The number of aromatic nitrogens is 1. The number of furan rings is 1. The van der Waals surface area contributed by atoms with Gasteiger partial charge in [0.15, 0.2) is 0 Å². The molecule has 0 fully saturated rings. The van der Waals surface area contributed by atoms with Crippen LogP contribution in [0.5, 0.6) is 0 Å². The standard InChI is InChI=1S/C14H12BrNO/c1-10-2-5-13(17-10)9-16-7-6-11-3-4-12(15)8-14(11)16/h2-8H,9H2,1H3. The van der Waals surface area contributed by atoms with Gasteiger partial charge in [-0.1, -0.05) is 22.0 Å². The average Bonchev–Trinajstić information content (AvgIpc) is 2.87. The molecule has 86 valence electrons. The Balaban J connectivity index is 2.03. The Hall–Kier alpha value is -1.48. The highest BCUT2D eigenvalue weighted by Crippen LogP contribution is 2.22. The topological polar surface area (TPSA) is 18.1 Å². The van der Waals surface area contributed by atoms with Crippen LogP contribution in [0.25, 0.3) is 10.9 Å². The molecular weight excluding hydrogens is 278 g/mol. The van der Waals surface area contributed by atoms with Crippen LogP contribution in [0, 0.1) is 6.92 Å². The molecule has 0 aliphatic heterocycles. The molecule has 0 atom stereocenters. The zero-order valence-corrected chi connectivity index (χ0v) is 11.1. The number of hydrogen-bond acceptors (Lipinski definition) is 1. The first-order valence-corrected chi connectivity index (χ1v) is 6.31. The Morgan fingerprint density at radius 1 is 1.18 bits per heavy atom. The van der Waals surface area contributed by atoms with Crippen molar-refractivity contribution in [2.75, 3.05) is 0 Å². The van der Waals surface area contributed by atoms with Crippen molar-refractivity contribution < 1.29 is 4.42 Å². The van der Waals surface area contributed by atoms with Gasteiger partial charge >= 0.3 is 0 Å². The summed E-state index contributed by atoms with van der Waals surface area (Å²) in [6.07, 6.45) is 2.09. The molecule has 3 heteroatoms. The predicted molar refractivity (Wildman–Crippen MR) is 72.2 cm³/mol. The number of fused-ring (bicyclic) bond motifs is 1.